The quantitative estimate of drug-likeness (QED) is 0.743. The lowest BCUT2D eigenvalue weighted by molar-refractivity contribution is -0.137. The zero-order chi connectivity index (χ0) is 10.7. The lowest BCUT2D eigenvalue weighted by atomic mass is 10.1. The maximum Gasteiger partial charge on any atom is 0.325 e. The van der Waals surface area contributed by atoms with Gasteiger partial charge in [-0.15, -0.1) is 0 Å². The van der Waals surface area contributed by atoms with E-state index in [0.717, 1.165) is 24.1 Å². The van der Waals surface area contributed by atoms with Crippen LogP contribution in [0.5, 0.6) is 0 Å². The second kappa shape index (κ2) is 4.13. The van der Waals surface area contributed by atoms with Gasteiger partial charge in [0.25, 0.3) is 0 Å². The van der Waals surface area contributed by atoms with E-state index in [2.05, 4.69) is 5.10 Å². The fraction of sp³-hybridized carbons (Fsp3) is 0.556. The molecule has 0 aromatic carbocycles. The van der Waals surface area contributed by atoms with E-state index in [4.69, 9.17) is 10.8 Å². The molecule has 1 aromatic rings. The van der Waals surface area contributed by atoms with Crippen LogP contribution in [-0.2, 0) is 24.2 Å². The van der Waals surface area contributed by atoms with Crippen LogP contribution in [0.15, 0.2) is 0 Å². The van der Waals surface area contributed by atoms with Crippen LogP contribution in [0.3, 0.4) is 0 Å². The highest BCUT2D eigenvalue weighted by molar-refractivity contribution is 5.67. The smallest absolute Gasteiger partial charge is 0.325 e. The summed E-state index contributed by atoms with van der Waals surface area (Å²) in [4.78, 5) is 10.5. The Labute approximate surface area is 82.5 Å². The SMILES string of the molecule is CCc1nn(CC(=O)O)c(N)c1CC. The Kier molecular flexibility index (Phi) is 3.11. The molecule has 0 spiro atoms. The number of carboxylic acid groups (broad SMARTS) is 1. The van der Waals surface area contributed by atoms with Gasteiger partial charge < -0.3 is 10.8 Å². The number of hydrogen-bond acceptors (Lipinski definition) is 3. The van der Waals surface area contributed by atoms with E-state index in [0.29, 0.717) is 5.82 Å². The summed E-state index contributed by atoms with van der Waals surface area (Å²) in [5.74, 6) is -0.448. The predicted octanol–water partition coefficient (Wildman–Crippen LogP) is 0.675. The molecule has 14 heavy (non-hydrogen) atoms. The molecule has 0 aliphatic carbocycles. The lowest BCUT2D eigenvalue weighted by Gasteiger charge is -1.99. The molecule has 0 saturated carbocycles. The van der Waals surface area contributed by atoms with E-state index >= 15 is 0 Å². The fourth-order valence-corrected chi connectivity index (χ4v) is 1.48. The minimum absolute atomic E-state index is 0.168. The van der Waals surface area contributed by atoms with Crippen molar-refractivity contribution < 1.29 is 9.90 Å². The Morgan fingerprint density at radius 3 is 2.50 bits per heavy atom. The summed E-state index contributed by atoms with van der Waals surface area (Å²) in [6, 6.07) is 0. The van der Waals surface area contributed by atoms with Crippen LogP contribution >= 0.6 is 0 Å². The molecule has 1 rings (SSSR count). The summed E-state index contributed by atoms with van der Waals surface area (Å²) in [6.45, 7) is 3.79. The van der Waals surface area contributed by atoms with E-state index in [1.165, 1.54) is 4.68 Å². The van der Waals surface area contributed by atoms with E-state index in [9.17, 15) is 4.79 Å². The summed E-state index contributed by atoms with van der Waals surface area (Å²) in [5, 5.41) is 12.8. The van der Waals surface area contributed by atoms with Crippen molar-refractivity contribution in [1.29, 1.82) is 0 Å². The van der Waals surface area contributed by atoms with Crippen molar-refractivity contribution >= 4 is 11.8 Å². The highest BCUT2D eigenvalue weighted by Crippen LogP contribution is 2.17. The second-order valence-electron chi connectivity index (χ2n) is 3.07. The Morgan fingerprint density at radius 2 is 2.14 bits per heavy atom. The summed E-state index contributed by atoms with van der Waals surface area (Å²) in [6.07, 6.45) is 1.56. The minimum Gasteiger partial charge on any atom is -0.480 e. The number of hydrogen-bond donors (Lipinski definition) is 2. The first-order chi connectivity index (χ1) is 6.60. The Hall–Kier alpha value is -1.52. The van der Waals surface area contributed by atoms with Crippen LogP contribution in [0.1, 0.15) is 25.1 Å². The third-order valence-corrected chi connectivity index (χ3v) is 2.15. The number of rotatable bonds is 4. The Bertz CT molecular complexity index is 344. The third-order valence-electron chi connectivity index (χ3n) is 2.15. The number of anilines is 1. The van der Waals surface area contributed by atoms with Crippen molar-refractivity contribution in [2.24, 2.45) is 0 Å². The van der Waals surface area contributed by atoms with Gasteiger partial charge in [-0.3, -0.25) is 4.79 Å². The van der Waals surface area contributed by atoms with E-state index in [1.807, 2.05) is 13.8 Å². The first-order valence-electron chi connectivity index (χ1n) is 4.65. The van der Waals surface area contributed by atoms with E-state index in [1.54, 1.807) is 0 Å². The van der Waals surface area contributed by atoms with Gasteiger partial charge >= 0.3 is 5.97 Å². The first-order valence-corrected chi connectivity index (χ1v) is 4.65. The van der Waals surface area contributed by atoms with Gasteiger partial charge in [-0.05, 0) is 12.8 Å². The second-order valence-corrected chi connectivity index (χ2v) is 3.07. The van der Waals surface area contributed by atoms with E-state index in [-0.39, 0.29) is 6.54 Å². The molecule has 5 nitrogen and oxygen atoms in total. The monoisotopic (exact) mass is 197 g/mol. The summed E-state index contributed by atoms with van der Waals surface area (Å²) < 4.78 is 1.35. The van der Waals surface area contributed by atoms with Gasteiger partial charge in [0.15, 0.2) is 0 Å². The lowest BCUT2D eigenvalue weighted by Crippen LogP contribution is -2.12. The van der Waals surface area contributed by atoms with Crippen molar-refractivity contribution in [3.63, 3.8) is 0 Å². The number of aryl methyl sites for hydroxylation is 1. The average molecular weight is 197 g/mol. The molecule has 1 aromatic heterocycles. The van der Waals surface area contributed by atoms with Crippen LogP contribution < -0.4 is 5.73 Å². The highest BCUT2D eigenvalue weighted by Gasteiger charge is 2.13. The molecule has 78 valence electrons. The molecule has 3 N–H and O–H groups in total. The number of nitrogens with two attached hydrogens (primary N) is 1. The fourth-order valence-electron chi connectivity index (χ4n) is 1.48. The number of aromatic nitrogens is 2. The average Bonchev–Trinajstić information content (AvgIpc) is 2.42. The molecule has 0 aliphatic heterocycles. The molecule has 0 aliphatic rings. The van der Waals surface area contributed by atoms with Crippen LogP contribution in [0.4, 0.5) is 5.82 Å². The zero-order valence-corrected chi connectivity index (χ0v) is 8.45. The first kappa shape index (κ1) is 10.6. The molecule has 0 bridgehead atoms. The normalized spacial score (nSPS) is 10.4. The standard InChI is InChI=1S/C9H15N3O2/c1-3-6-7(4-2)11-12(9(6)10)5-8(13)14/h3-5,10H2,1-2H3,(H,13,14). The molecule has 0 radical (unpaired) electrons. The van der Waals surface area contributed by atoms with Gasteiger partial charge in [0, 0.05) is 5.56 Å². The maximum atomic E-state index is 10.5. The topological polar surface area (TPSA) is 81.1 Å². The molecule has 1 heterocycles. The van der Waals surface area contributed by atoms with Gasteiger partial charge in [0.2, 0.25) is 0 Å². The third kappa shape index (κ3) is 1.86. The molecule has 0 saturated heterocycles. The Balaban J connectivity index is 3.07. The number of nitrogen functional groups attached to an aromatic ring is 1. The highest BCUT2D eigenvalue weighted by atomic mass is 16.4. The van der Waals surface area contributed by atoms with Crippen molar-refractivity contribution in [3.05, 3.63) is 11.3 Å². The summed E-state index contributed by atoms with van der Waals surface area (Å²) in [5.41, 5.74) is 7.64. The maximum absolute atomic E-state index is 10.5. The van der Waals surface area contributed by atoms with Gasteiger partial charge in [-0.2, -0.15) is 5.10 Å². The van der Waals surface area contributed by atoms with Crippen LogP contribution in [-0.4, -0.2) is 20.9 Å². The van der Waals surface area contributed by atoms with E-state index < -0.39 is 5.97 Å². The number of aliphatic carboxylic acids is 1. The summed E-state index contributed by atoms with van der Waals surface area (Å²) >= 11 is 0. The molecule has 0 amide bonds. The van der Waals surface area contributed by atoms with Crippen molar-refractivity contribution in [3.8, 4) is 0 Å². The van der Waals surface area contributed by atoms with Gasteiger partial charge in [-0.25, -0.2) is 4.68 Å². The van der Waals surface area contributed by atoms with Crippen molar-refractivity contribution in [2.75, 3.05) is 5.73 Å². The number of carboxylic acids is 1. The summed E-state index contributed by atoms with van der Waals surface area (Å²) in [7, 11) is 0. The molecular weight excluding hydrogens is 182 g/mol. The Morgan fingerprint density at radius 1 is 1.50 bits per heavy atom. The minimum atomic E-state index is -0.926. The predicted molar refractivity (Wildman–Crippen MR) is 53.0 cm³/mol. The molecule has 5 heteroatoms. The van der Waals surface area contributed by atoms with Gasteiger partial charge in [0.05, 0.1) is 5.69 Å². The number of nitrogens with zero attached hydrogens (tertiary/aromatic N) is 2. The van der Waals surface area contributed by atoms with Crippen LogP contribution in [0.2, 0.25) is 0 Å². The zero-order valence-electron chi connectivity index (χ0n) is 8.45. The largest absolute Gasteiger partial charge is 0.480 e. The van der Waals surface area contributed by atoms with Crippen LogP contribution in [0, 0.1) is 0 Å². The number of carbonyl (C=O) groups is 1. The van der Waals surface area contributed by atoms with Gasteiger partial charge in [0.1, 0.15) is 12.4 Å². The molecule has 0 unspecified atom stereocenters. The van der Waals surface area contributed by atoms with Crippen LogP contribution in [0.25, 0.3) is 0 Å². The van der Waals surface area contributed by atoms with Crippen molar-refractivity contribution in [1.82, 2.24) is 9.78 Å². The molecular formula is C9H15N3O2. The molecule has 0 fully saturated rings. The van der Waals surface area contributed by atoms with Gasteiger partial charge in [-0.1, -0.05) is 13.8 Å². The van der Waals surface area contributed by atoms with Crippen molar-refractivity contribution in [2.45, 2.75) is 33.2 Å². The molecule has 0 atom stereocenters.